The van der Waals surface area contributed by atoms with E-state index >= 15 is 0 Å². The summed E-state index contributed by atoms with van der Waals surface area (Å²) in [5.41, 5.74) is 8.49. The highest BCUT2D eigenvalue weighted by Crippen LogP contribution is 2.28. The molecule has 2 aromatic rings. The number of nitrogens with one attached hydrogen (secondary N) is 1. The molecule has 0 fully saturated rings. The molecule has 0 aliphatic heterocycles. The number of benzene rings is 1. The van der Waals surface area contributed by atoms with Gasteiger partial charge in [-0.05, 0) is 43.4 Å². The van der Waals surface area contributed by atoms with E-state index in [1.807, 2.05) is 24.3 Å². The summed E-state index contributed by atoms with van der Waals surface area (Å²) in [7, 11) is 0. The maximum Gasteiger partial charge on any atom is 0.230 e. The van der Waals surface area contributed by atoms with E-state index in [2.05, 4.69) is 10.3 Å². The quantitative estimate of drug-likeness (QED) is 0.664. The number of aromatic nitrogens is 1. The van der Waals surface area contributed by atoms with Crippen LogP contribution in [0.2, 0.25) is 0 Å². The second-order valence-electron chi connectivity index (χ2n) is 5.42. The van der Waals surface area contributed by atoms with Gasteiger partial charge in [-0.15, -0.1) is 23.7 Å². The van der Waals surface area contributed by atoms with Gasteiger partial charge in [0.15, 0.2) is 5.13 Å². The van der Waals surface area contributed by atoms with Crippen molar-refractivity contribution in [1.29, 1.82) is 0 Å². The van der Waals surface area contributed by atoms with E-state index in [1.54, 1.807) is 11.3 Å². The van der Waals surface area contributed by atoms with Crippen molar-refractivity contribution in [2.24, 2.45) is 0 Å². The topological polar surface area (TPSA) is 68.0 Å². The third-order valence-electron chi connectivity index (χ3n) is 3.69. The van der Waals surface area contributed by atoms with Gasteiger partial charge in [-0.1, -0.05) is 18.6 Å². The van der Waals surface area contributed by atoms with Crippen molar-refractivity contribution in [3.63, 3.8) is 0 Å². The summed E-state index contributed by atoms with van der Waals surface area (Å²) in [5.74, 6) is -0.0244. The van der Waals surface area contributed by atoms with Gasteiger partial charge in [-0.2, -0.15) is 0 Å². The lowest BCUT2D eigenvalue weighted by atomic mass is 10.1. The molecule has 118 valence electrons. The number of hydrogen-bond donors (Lipinski definition) is 2. The van der Waals surface area contributed by atoms with Crippen molar-refractivity contribution in [2.75, 3.05) is 11.1 Å². The van der Waals surface area contributed by atoms with Gasteiger partial charge in [0.1, 0.15) is 0 Å². The molecule has 0 saturated carbocycles. The van der Waals surface area contributed by atoms with Gasteiger partial charge in [0.2, 0.25) is 5.91 Å². The molecule has 0 saturated heterocycles. The lowest BCUT2D eigenvalue weighted by Gasteiger charge is -2.02. The fourth-order valence-corrected chi connectivity index (χ4v) is 3.63. The second kappa shape index (κ2) is 7.61. The van der Waals surface area contributed by atoms with E-state index in [0.29, 0.717) is 12.1 Å². The number of nitrogens with zero attached hydrogens (tertiary/aromatic N) is 1. The minimum absolute atomic E-state index is 0. The molecule has 3 rings (SSSR count). The first-order valence-corrected chi connectivity index (χ1v) is 8.15. The van der Waals surface area contributed by atoms with Gasteiger partial charge < -0.3 is 11.1 Å². The predicted octanol–water partition coefficient (Wildman–Crippen LogP) is 3.60. The van der Waals surface area contributed by atoms with Crippen molar-refractivity contribution in [2.45, 2.75) is 38.5 Å². The number of amides is 1. The number of carbonyl (C=O) groups is 1. The summed E-state index contributed by atoms with van der Waals surface area (Å²) in [6, 6.07) is 7.39. The van der Waals surface area contributed by atoms with E-state index in [1.165, 1.54) is 29.8 Å². The van der Waals surface area contributed by atoms with E-state index in [9.17, 15) is 4.79 Å². The van der Waals surface area contributed by atoms with Crippen LogP contribution < -0.4 is 11.1 Å². The van der Waals surface area contributed by atoms with E-state index in [4.69, 9.17) is 5.73 Å². The van der Waals surface area contributed by atoms with Gasteiger partial charge in [0.25, 0.3) is 0 Å². The average molecular weight is 338 g/mol. The number of anilines is 2. The average Bonchev–Trinajstić information content (AvgIpc) is 2.70. The Kier molecular flexibility index (Phi) is 5.80. The van der Waals surface area contributed by atoms with Gasteiger partial charge >= 0.3 is 0 Å². The summed E-state index contributed by atoms with van der Waals surface area (Å²) >= 11 is 1.63. The Labute approximate surface area is 140 Å². The number of hydrogen-bond acceptors (Lipinski definition) is 4. The zero-order valence-corrected chi connectivity index (χ0v) is 13.9. The predicted molar refractivity (Wildman–Crippen MR) is 93.8 cm³/mol. The largest absolute Gasteiger partial charge is 0.399 e. The van der Waals surface area contributed by atoms with Crippen LogP contribution in [0.1, 0.15) is 35.4 Å². The monoisotopic (exact) mass is 337 g/mol. The summed E-state index contributed by atoms with van der Waals surface area (Å²) in [4.78, 5) is 18.0. The number of nitrogen functional groups attached to an aromatic ring is 1. The third-order valence-corrected chi connectivity index (χ3v) is 4.76. The highest BCUT2D eigenvalue weighted by atomic mass is 35.5. The number of rotatable bonds is 3. The van der Waals surface area contributed by atoms with E-state index in [-0.39, 0.29) is 18.3 Å². The Balaban J connectivity index is 0.00000176. The maximum atomic E-state index is 12.1. The van der Waals surface area contributed by atoms with Crippen molar-refractivity contribution in [3.05, 3.63) is 40.4 Å². The van der Waals surface area contributed by atoms with Crippen molar-refractivity contribution < 1.29 is 4.79 Å². The molecule has 22 heavy (non-hydrogen) atoms. The molecule has 1 aliphatic carbocycles. The Morgan fingerprint density at radius 3 is 2.68 bits per heavy atom. The molecule has 1 aromatic heterocycles. The van der Waals surface area contributed by atoms with Crippen LogP contribution in [0.4, 0.5) is 10.8 Å². The van der Waals surface area contributed by atoms with Gasteiger partial charge in [-0.25, -0.2) is 4.98 Å². The van der Waals surface area contributed by atoms with Crippen LogP contribution in [0.5, 0.6) is 0 Å². The molecular weight excluding hydrogens is 318 g/mol. The van der Waals surface area contributed by atoms with E-state index < -0.39 is 0 Å². The Morgan fingerprint density at radius 2 is 1.91 bits per heavy atom. The van der Waals surface area contributed by atoms with E-state index in [0.717, 1.165) is 23.5 Å². The smallest absolute Gasteiger partial charge is 0.230 e. The van der Waals surface area contributed by atoms with Crippen molar-refractivity contribution >= 4 is 40.5 Å². The van der Waals surface area contributed by atoms with Crippen LogP contribution in [0.25, 0.3) is 0 Å². The van der Waals surface area contributed by atoms with Crippen molar-refractivity contribution in [1.82, 2.24) is 4.98 Å². The molecule has 1 amide bonds. The zero-order valence-electron chi connectivity index (χ0n) is 12.3. The molecule has 1 heterocycles. The number of nitrogens with two attached hydrogens (primary N) is 1. The highest BCUT2D eigenvalue weighted by molar-refractivity contribution is 7.15. The Hall–Kier alpha value is -1.59. The fourth-order valence-electron chi connectivity index (χ4n) is 2.57. The lowest BCUT2D eigenvalue weighted by molar-refractivity contribution is -0.115. The molecule has 1 aliphatic rings. The molecule has 0 spiro atoms. The first-order valence-electron chi connectivity index (χ1n) is 7.33. The molecule has 0 bridgehead atoms. The molecule has 0 atom stereocenters. The standard InChI is InChI=1S/C16H19N3OS.ClH/c17-12-8-6-11(7-9-12)10-15(20)19-16-18-13-4-2-1-3-5-14(13)21-16;/h6-9H,1-5,10,17H2,(H,18,19,20);1H. The summed E-state index contributed by atoms with van der Waals surface area (Å²) in [6.45, 7) is 0. The van der Waals surface area contributed by atoms with Crippen LogP contribution in [0, 0.1) is 0 Å². The Bertz CT molecular complexity index is 616. The van der Waals surface area contributed by atoms with Gasteiger partial charge in [0, 0.05) is 10.6 Å². The number of halogens is 1. The van der Waals surface area contributed by atoms with Gasteiger partial charge in [-0.3, -0.25) is 4.79 Å². The summed E-state index contributed by atoms with van der Waals surface area (Å²) < 4.78 is 0. The van der Waals surface area contributed by atoms with Crippen LogP contribution in [-0.4, -0.2) is 10.9 Å². The number of aryl methyl sites for hydroxylation is 2. The maximum absolute atomic E-state index is 12.1. The summed E-state index contributed by atoms with van der Waals surface area (Å²) in [5, 5.41) is 3.66. The molecular formula is C16H20ClN3OS. The van der Waals surface area contributed by atoms with Crippen molar-refractivity contribution in [3.8, 4) is 0 Å². The molecule has 0 unspecified atom stereocenters. The van der Waals surface area contributed by atoms with Crippen LogP contribution in [0.3, 0.4) is 0 Å². The number of carbonyl (C=O) groups excluding carboxylic acids is 1. The molecule has 6 heteroatoms. The molecule has 0 radical (unpaired) electrons. The van der Waals surface area contributed by atoms with Crippen LogP contribution >= 0.6 is 23.7 Å². The molecule has 4 nitrogen and oxygen atoms in total. The first kappa shape index (κ1) is 16.8. The molecule has 3 N–H and O–H groups in total. The molecule has 1 aromatic carbocycles. The minimum Gasteiger partial charge on any atom is -0.399 e. The first-order chi connectivity index (χ1) is 10.2. The van der Waals surface area contributed by atoms with Crippen LogP contribution in [0.15, 0.2) is 24.3 Å². The van der Waals surface area contributed by atoms with Gasteiger partial charge in [0.05, 0.1) is 12.1 Å². The fraction of sp³-hybridized carbons (Fsp3) is 0.375. The number of fused-ring (bicyclic) bond motifs is 1. The second-order valence-corrected chi connectivity index (χ2v) is 6.50. The number of thiazole rings is 1. The third kappa shape index (κ3) is 4.21. The Morgan fingerprint density at radius 1 is 1.18 bits per heavy atom. The summed E-state index contributed by atoms with van der Waals surface area (Å²) in [6.07, 6.45) is 6.20. The SMILES string of the molecule is Cl.Nc1ccc(CC(=O)Nc2nc3c(s2)CCCCC3)cc1. The zero-order chi connectivity index (χ0) is 14.7. The normalized spacial score (nSPS) is 13.6. The minimum atomic E-state index is -0.0244. The highest BCUT2D eigenvalue weighted by Gasteiger charge is 2.15. The lowest BCUT2D eigenvalue weighted by Crippen LogP contribution is -2.14. The van der Waals surface area contributed by atoms with Crippen LogP contribution in [-0.2, 0) is 24.1 Å².